The number of ether oxygens (including phenoxy) is 2. The first-order chi connectivity index (χ1) is 9.21. The van der Waals surface area contributed by atoms with Crippen molar-refractivity contribution in [1.82, 2.24) is 15.1 Å². The number of aryl methyl sites for hydroxylation is 2. The molecule has 0 saturated carbocycles. The second kappa shape index (κ2) is 9.07. The van der Waals surface area contributed by atoms with Crippen LogP contribution in [0.4, 0.5) is 0 Å². The van der Waals surface area contributed by atoms with E-state index in [1.54, 1.807) is 0 Å². The molecular weight excluding hydrogens is 242 g/mol. The SMILES string of the molecule is CCOC(CCNCc1cn(C)nc1CC)OCC. The van der Waals surface area contributed by atoms with Crippen LogP contribution in [0.2, 0.25) is 0 Å². The Bertz CT molecular complexity index is 346. The van der Waals surface area contributed by atoms with Crippen molar-refractivity contribution in [3.05, 3.63) is 17.5 Å². The molecule has 0 aliphatic heterocycles. The van der Waals surface area contributed by atoms with E-state index in [9.17, 15) is 0 Å². The van der Waals surface area contributed by atoms with E-state index < -0.39 is 0 Å². The fourth-order valence-electron chi connectivity index (χ4n) is 2.06. The minimum atomic E-state index is -0.0953. The van der Waals surface area contributed by atoms with E-state index in [2.05, 4.69) is 23.5 Å². The number of hydrogen-bond donors (Lipinski definition) is 1. The third kappa shape index (κ3) is 5.72. The van der Waals surface area contributed by atoms with Crippen LogP contribution in [0.25, 0.3) is 0 Å². The highest BCUT2D eigenvalue weighted by Crippen LogP contribution is 2.07. The minimum absolute atomic E-state index is 0.0953. The van der Waals surface area contributed by atoms with E-state index in [1.807, 2.05) is 25.6 Å². The van der Waals surface area contributed by atoms with Gasteiger partial charge >= 0.3 is 0 Å². The summed E-state index contributed by atoms with van der Waals surface area (Å²) in [5.74, 6) is 0. The van der Waals surface area contributed by atoms with Crippen LogP contribution < -0.4 is 5.32 Å². The molecule has 0 unspecified atom stereocenters. The van der Waals surface area contributed by atoms with Gasteiger partial charge in [-0.3, -0.25) is 4.68 Å². The highest BCUT2D eigenvalue weighted by Gasteiger charge is 2.08. The van der Waals surface area contributed by atoms with Gasteiger partial charge in [0.1, 0.15) is 0 Å². The Morgan fingerprint density at radius 2 is 1.95 bits per heavy atom. The van der Waals surface area contributed by atoms with Gasteiger partial charge in [0.05, 0.1) is 5.69 Å². The summed E-state index contributed by atoms with van der Waals surface area (Å²) in [6, 6.07) is 0. The summed E-state index contributed by atoms with van der Waals surface area (Å²) in [6.45, 7) is 9.21. The smallest absolute Gasteiger partial charge is 0.158 e. The molecule has 1 rings (SSSR count). The van der Waals surface area contributed by atoms with Crippen LogP contribution in [0.1, 0.15) is 38.4 Å². The highest BCUT2D eigenvalue weighted by atomic mass is 16.7. The molecule has 0 aliphatic carbocycles. The van der Waals surface area contributed by atoms with E-state index in [0.29, 0.717) is 13.2 Å². The molecular formula is C14H27N3O2. The molecule has 0 amide bonds. The summed E-state index contributed by atoms with van der Waals surface area (Å²) >= 11 is 0. The molecule has 5 heteroatoms. The summed E-state index contributed by atoms with van der Waals surface area (Å²) in [4.78, 5) is 0. The summed E-state index contributed by atoms with van der Waals surface area (Å²) in [5.41, 5.74) is 2.44. The van der Waals surface area contributed by atoms with E-state index in [1.165, 1.54) is 11.3 Å². The van der Waals surface area contributed by atoms with Gasteiger partial charge < -0.3 is 14.8 Å². The largest absolute Gasteiger partial charge is 0.353 e. The van der Waals surface area contributed by atoms with Gasteiger partial charge in [-0.25, -0.2) is 0 Å². The summed E-state index contributed by atoms with van der Waals surface area (Å²) in [5, 5.41) is 7.85. The molecule has 5 nitrogen and oxygen atoms in total. The zero-order valence-corrected chi connectivity index (χ0v) is 12.6. The van der Waals surface area contributed by atoms with Gasteiger partial charge in [-0.1, -0.05) is 6.92 Å². The zero-order chi connectivity index (χ0) is 14.1. The standard InChI is InChI=1S/C14H27N3O2/c1-5-13-12(11-17(4)16-13)10-15-9-8-14(18-6-2)19-7-3/h11,14-15H,5-10H2,1-4H3. The van der Waals surface area contributed by atoms with Crippen molar-refractivity contribution >= 4 is 0 Å². The van der Waals surface area contributed by atoms with Crippen LogP contribution >= 0.6 is 0 Å². The van der Waals surface area contributed by atoms with Gasteiger partial charge in [0, 0.05) is 51.5 Å². The number of nitrogens with one attached hydrogen (secondary N) is 1. The molecule has 1 aromatic rings. The highest BCUT2D eigenvalue weighted by molar-refractivity contribution is 5.16. The fourth-order valence-corrected chi connectivity index (χ4v) is 2.06. The van der Waals surface area contributed by atoms with Crippen molar-refractivity contribution in [1.29, 1.82) is 0 Å². The third-order valence-corrected chi connectivity index (χ3v) is 2.90. The predicted octanol–water partition coefficient (Wildman–Crippen LogP) is 1.86. The maximum absolute atomic E-state index is 5.50. The monoisotopic (exact) mass is 269 g/mol. The molecule has 0 atom stereocenters. The maximum atomic E-state index is 5.50. The summed E-state index contributed by atoms with van der Waals surface area (Å²) in [6.07, 6.45) is 3.82. The zero-order valence-electron chi connectivity index (χ0n) is 12.6. The number of rotatable bonds is 10. The maximum Gasteiger partial charge on any atom is 0.158 e. The van der Waals surface area contributed by atoms with Crippen LogP contribution in [0.5, 0.6) is 0 Å². The molecule has 1 aromatic heterocycles. The Labute approximate surface area is 116 Å². The lowest BCUT2D eigenvalue weighted by Gasteiger charge is -2.16. The molecule has 0 fully saturated rings. The molecule has 1 N–H and O–H groups in total. The van der Waals surface area contributed by atoms with Gasteiger partial charge in [0.2, 0.25) is 0 Å². The van der Waals surface area contributed by atoms with E-state index in [0.717, 1.165) is 25.9 Å². The van der Waals surface area contributed by atoms with Gasteiger partial charge in [-0.2, -0.15) is 5.10 Å². The predicted molar refractivity (Wildman–Crippen MR) is 75.9 cm³/mol. The van der Waals surface area contributed by atoms with Crippen molar-refractivity contribution in [2.75, 3.05) is 19.8 Å². The topological polar surface area (TPSA) is 48.3 Å². The molecule has 0 saturated heterocycles. The van der Waals surface area contributed by atoms with Crippen LogP contribution in [0.15, 0.2) is 6.20 Å². The molecule has 1 heterocycles. The first-order valence-corrected chi connectivity index (χ1v) is 7.16. The molecule has 0 aliphatic rings. The van der Waals surface area contributed by atoms with Gasteiger partial charge in [-0.05, 0) is 20.3 Å². The molecule has 0 aromatic carbocycles. The second-order valence-electron chi connectivity index (χ2n) is 4.43. The first kappa shape index (κ1) is 16.1. The second-order valence-corrected chi connectivity index (χ2v) is 4.43. The van der Waals surface area contributed by atoms with Crippen LogP contribution in [-0.4, -0.2) is 35.8 Å². The molecule has 110 valence electrons. The number of hydrogen-bond acceptors (Lipinski definition) is 4. The average molecular weight is 269 g/mol. The number of aromatic nitrogens is 2. The lowest BCUT2D eigenvalue weighted by atomic mass is 10.2. The summed E-state index contributed by atoms with van der Waals surface area (Å²) in [7, 11) is 1.96. The average Bonchev–Trinajstić information content (AvgIpc) is 2.75. The van der Waals surface area contributed by atoms with Gasteiger partial charge in [0.25, 0.3) is 0 Å². The minimum Gasteiger partial charge on any atom is -0.353 e. The molecule has 0 bridgehead atoms. The van der Waals surface area contributed by atoms with Crippen LogP contribution in [-0.2, 0) is 29.5 Å². The van der Waals surface area contributed by atoms with E-state index in [4.69, 9.17) is 9.47 Å². The van der Waals surface area contributed by atoms with Crippen molar-refractivity contribution in [3.63, 3.8) is 0 Å². The normalized spacial score (nSPS) is 11.4. The first-order valence-electron chi connectivity index (χ1n) is 7.16. The van der Waals surface area contributed by atoms with Gasteiger partial charge in [0.15, 0.2) is 6.29 Å². The fraction of sp³-hybridized carbons (Fsp3) is 0.786. The quantitative estimate of drug-likeness (QED) is 0.520. The lowest BCUT2D eigenvalue weighted by Crippen LogP contribution is -2.24. The Kier molecular flexibility index (Phi) is 7.70. The van der Waals surface area contributed by atoms with Gasteiger partial charge in [-0.15, -0.1) is 0 Å². The molecule has 0 spiro atoms. The van der Waals surface area contributed by atoms with E-state index >= 15 is 0 Å². The van der Waals surface area contributed by atoms with Crippen LogP contribution in [0.3, 0.4) is 0 Å². The van der Waals surface area contributed by atoms with Crippen molar-refractivity contribution in [2.45, 2.75) is 46.4 Å². The van der Waals surface area contributed by atoms with Crippen molar-refractivity contribution < 1.29 is 9.47 Å². The molecule has 0 radical (unpaired) electrons. The Hall–Kier alpha value is -0.910. The van der Waals surface area contributed by atoms with Crippen molar-refractivity contribution in [2.24, 2.45) is 7.05 Å². The third-order valence-electron chi connectivity index (χ3n) is 2.90. The Morgan fingerprint density at radius 1 is 1.26 bits per heavy atom. The molecule has 19 heavy (non-hydrogen) atoms. The Morgan fingerprint density at radius 3 is 2.53 bits per heavy atom. The number of nitrogens with zero attached hydrogens (tertiary/aromatic N) is 2. The van der Waals surface area contributed by atoms with E-state index in [-0.39, 0.29) is 6.29 Å². The summed E-state index contributed by atoms with van der Waals surface area (Å²) < 4.78 is 12.9. The van der Waals surface area contributed by atoms with Crippen molar-refractivity contribution in [3.8, 4) is 0 Å². The van der Waals surface area contributed by atoms with Crippen LogP contribution in [0, 0.1) is 0 Å². The Balaban J connectivity index is 2.29. The lowest BCUT2D eigenvalue weighted by molar-refractivity contribution is -0.138.